The summed E-state index contributed by atoms with van der Waals surface area (Å²) >= 11 is 1.86. The largest absolute Gasteiger partial charge is 0.497 e. The van der Waals surface area contributed by atoms with Gasteiger partial charge in [0, 0.05) is 17.4 Å². The Bertz CT molecular complexity index is 569. The molecule has 3 rings (SSSR count). The summed E-state index contributed by atoms with van der Waals surface area (Å²) in [5, 5.41) is 5.05. The zero-order valence-corrected chi connectivity index (χ0v) is 12.1. The Hall–Kier alpha value is -1.20. The first-order valence-corrected chi connectivity index (χ1v) is 7.54. The smallest absolute Gasteiger partial charge is 0.166 e. The van der Waals surface area contributed by atoms with Crippen LogP contribution in [0.1, 0.15) is 19.3 Å². The number of fused-ring (bicyclic) bond motifs is 1. The molecule has 0 spiro atoms. The van der Waals surface area contributed by atoms with Gasteiger partial charge < -0.3 is 15.0 Å². The van der Waals surface area contributed by atoms with Gasteiger partial charge in [-0.05, 0) is 38.4 Å². The van der Waals surface area contributed by atoms with E-state index in [2.05, 4.69) is 15.3 Å². The van der Waals surface area contributed by atoms with Gasteiger partial charge in [-0.1, -0.05) is 11.8 Å². The maximum atomic E-state index is 5.23. The van der Waals surface area contributed by atoms with Gasteiger partial charge in [-0.15, -0.1) is 0 Å². The lowest BCUT2D eigenvalue weighted by molar-refractivity contribution is 0.415. The van der Waals surface area contributed by atoms with Crippen molar-refractivity contribution < 1.29 is 4.74 Å². The number of hydrogen-bond donors (Lipinski definition) is 2. The van der Waals surface area contributed by atoms with Gasteiger partial charge in [0.1, 0.15) is 5.75 Å². The standard InChI is InChI=1S/C14H19N3OS/c1-15-9-3-5-11(7-9)19-14-16-12-6-4-10(18-2)8-13(12)17-14/h4,6,8-9,11,15H,3,5,7H2,1-2H3,(H,16,17). The molecule has 0 saturated heterocycles. The van der Waals surface area contributed by atoms with E-state index >= 15 is 0 Å². The first-order chi connectivity index (χ1) is 9.28. The van der Waals surface area contributed by atoms with E-state index in [4.69, 9.17) is 4.74 Å². The molecule has 1 fully saturated rings. The van der Waals surface area contributed by atoms with E-state index in [0.29, 0.717) is 11.3 Å². The average molecular weight is 277 g/mol. The van der Waals surface area contributed by atoms with E-state index in [1.165, 1.54) is 19.3 Å². The molecule has 2 unspecified atom stereocenters. The second-order valence-corrected chi connectivity index (χ2v) is 6.25. The topological polar surface area (TPSA) is 49.9 Å². The number of nitrogens with one attached hydrogen (secondary N) is 2. The molecule has 2 N–H and O–H groups in total. The van der Waals surface area contributed by atoms with Crippen molar-refractivity contribution in [2.24, 2.45) is 0 Å². The molecule has 1 aliphatic rings. The van der Waals surface area contributed by atoms with Crippen molar-refractivity contribution >= 4 is 22.8 Å². The highest BCUT2D eigenvalue weighted by Crippen LogP contribution is 2.34. The first-order valence-electron chi connectivity index (χ1n) is 6.66. The molecule has 1 saturated carbocycles. The molecule has 0 amide bonds. The molecular weight excluding hydrogens is 258 g/mol. The fraction of sp³-hybridized carbons (Fsp3) is 0.500. The van der Waals surface area contributed by atoms with E-state index in [1.54, 1.807) is 7.11 Å². The number of methoxy groups -OCH3 is 1. The monoisotopic (exact) mass is 277 g/mol. The average Bonchev–Trinajstić information content (AvgIpc) is 3.03. The minimum absolute atomic E-state index is 0.667. The van der Waals surface area contributed by atoms with Crippen LogP contribution in [-0.2, 0) is 0 Å². The summed E-state index contributed by atoms with van der Waals surface area (Å²) < 4.78 is 5.23. The number of benzene rings is 1. The number of aromatic nitrogens is 2. The molecule has 1 aromatic carbocycles. The fourth-order valence-corrected chi connectivity index (χ4v) is 3.83. The summed E-state index contributed by atoms with van der Waals surface area (Å²) in [6.45, 7) is 0. The summed E-state index contributed by atoms with van der Waals surface area (Å²) in [5.41, 5.74) is 2.05. The number of thioether (sulfide) groups is 1. The lowest BCUT2D eigenvalue weighted by Gasteiger charge is -2.08. The Kier molecular flexibility index (Phi) is 3.66. The van der Waals surface area contributed by atoms with E-state index in [9.17, 15) is 0 Å². The predicted molar refractivity (Wildman–Crippen MR) is 79.0 cm³/mol. The SMILES string of the molecule is CNC1CCC(Sc2nc3ccc(OC)cc3[nH]2)C1. The second kappa shape index (κ2) is 5.43. The predicted octanol–water partition coefficient (Wildman–Crippen LogP) is 2.80. The minimum Gasteiger partial charge on any atom is -0.497 e. The number of aromatic amines is 1. The van der Waals surface area contributed by atoms with Crippen LogP contribution in [0.25, 0.3) is 11.0 Å². The van der Waals surface area contributed by atoms with Gasteiger partial charge in [-0.25, -0.2) is 4.98 Å². The van der Waals surface area contributed by atoms with E-state index in [1.807, 2.05) is 37.0 Å². The fourth-order valence-electron chi connectivity index (χ4n) is 2.62. The van der Waals surface area contributed by atoms with Gasteiger partial charge in [-0.2, -0.15) is 0 Å². The van der Waals surface area contributed by atoms with E-state index in [0.717, 1.165) is 21.9 Å². The van der Waals surface area contributed by atoms with Crippen LogP contribution in [0.2, 0.25) is 0 Å². The van der Waals surface area contributed by atoms with Crippen molar-refractivity contribution in [2.75, 3.05) is 14.2 Å². The van der Waals surface area contributed by atoms with Crippen LogP contribution < -0.4 is 10.1 Å². The van der Waals surface area contributed by atoms with Crippen molar-refractivity contribution in [1.29, 1.82) is 0 Å². The highest BCUT2D eigenvalue weighted by Gasteiger charge is 2.25. The second-order valence-electron chi connectivity index (χ2n) is 4.96. The maximum absolute atomic E-state index is 5.23. The van der Waals surface area contributed by atoms with Crippen LogP contribution in [-0.4, -0.2) is 35.4 Å². The Morgan fingerprint density at radius 1 is 1.42 bits per heavy atom. The Morgan fingerprint density at radius 2 is 2.32 bits per heavy atom. The molecule has 5 heteroatoms. The van der Waals surface area contributed by atoms with E-state index in [-0.39, 0.29) is 0 Å². The molecule has 4 nitrogen and oxygen atoms in total. The van der Waals surface area contributed by atoms with Gasteiger partial charge in [0.2, 0.25) is 0 Å². The van der Waals surface area contributed by atoms with Crippen LogP contribution in [0, 0.1) is 0 Å². The van der Waals surface area contributed by atoms with Crippen molar-refractivity contribution in [2.45, 2.75) is 35.7 Å². The number of imidazole rings is 1. The first kappa shape index (κ1) is 12.8. The summed E-state index contributed by atoms with van der Waals surface area (Å²) in [6.07, 6.45) is 3.75. The molecular formula is C14H19N3OS. The number of H-pyrrole nitrogens is 1. The molecule has 2 atom stereocenters. The lowest BCUT2D eigenvalue weighted by Crippen LogP contribution is -2.21. The van der Waals surface area contributed by atoms with Crippen molar-refractivity contribution in [3.05, 3.63) is 18.2 Å². The Labute approximate surface area is 117 Å². The van der Waals surface area contributed by atoms with Crippen molar-refractivity contribution in [3.8, 4) is 5.75 Å². The Morgan fingerprint density at radius 3 is 3.05 bits per heavy atom. The van der Waals surface area contributed by atoms with E-state index < -0.39 is 0 Å². The molecule has 1 aromatic heterocycles. The third-order valence-electron chi connectivity index (χ3n) is 3.74. The number of ether oxygens (including phenoxy) is 1. The quantitative estimate of drug-likeness (QED) is 0.902. The van der Waals surface area contributed by atoms with Crippen LogP contribution in [0.15, 0.2) is 23.4 Å². The Balaban J connectivity index is 1.75. The number of hydrogen-bond acceptors (Lipinski definition) is 4. The van der Waals surface area contributed by atoms with Crippen LogP contribution in [0.3, 0.4) is 0 Å². The van der Waals surface area contributed by atoms with Crippen molar-refractivity contribution in [3.63, 3.8) is 0 Å². The van der Waals surface area contributed by atoms with Crippen LogP contribution in [0.5, 0.6) is 5.75 Å². The molecule has 19 heavy (non-hydrogen) atoms. The molecule has 0 aliphatic heterocycles. The van der Waals surface area contributed by atoms with Crippen LogP contribution >= 0.6 is 11.8 Å². The summed E-state index contributed by atoms with van der Waals surface area (Å²) in [7, 11) is 3.73. The normalized spacial score (nSPS) is 23.1. The van der Waals surface area contributed by atoms with Gasteiger partial charge >= 0.3 is 0 Å². The number of nitrogens with zero attached hydrogens (tertiary/aromatic N) is 1. The highest BCUT2D eigenvalue weighted by atomic mass is 32.2. The maximum Gasteiger partial charge on any atom is 0.166 e. The summed E-state index contributed by atoms with van der Waals surface area (Å²) in [5.74, 6) is 0.865. The zero-order chi connectivity index (χ0) is 13.2. The third kappa shape index (κ3) is 2.72. The molecule has 0 bridgehead atoms. The van der Waals surface area contributed by atoms with Crippen molar-refractivity contribution in [1.82, 2.24) is 15.3 Å². The van der Waals surface area contributed by atoms with Gasteiger partial charge in [0.15, 0.2) is 5.16 Å². The number of rotatable bonds is 4. The third-order valence-corrected chi connectivity index (χ3v) is 4.92. The molecule has 1 aliphatic carbocycles. The van der Waals surface area contributed by atoms with Gasteiger partial charge in [-0.3, -0.25) is 0 Å². The van der Waals surface area contributed by atoms with Gasteiger partial charge in [0.25, 0.3) is 0 Å². The lowest BCUT2D eigenvalue weighted by atomic mass is 10.3. The van der Waals surface area contributed by atoms with Gasteiger partial charge in [0.05, 0.1) is 18.1 Å². The molecule has 0 radical (unpaired) electrons. The zero-order valence-electron chi connectivity index (χ0n) is 11.3. The highest BCUT2D eigenvalue weighted by molar-refractivity contribution is 7.99. The molecule has 1 heterocycles. The molecule has 2 aromatic rings. The minimum atomic E-state index is 0.667. The molecule has 102 valence electrons. The summed E-state index contributed by atoms with van der Waals surface area (Å²) in [4.78, 5) is 8.02. The summed E-state index contributed by atoms with van der Waals surface area (Å²) in [6, 6.07) is 6.61. The van der Waals surface area contributed by atoms with Crippen LogP contribution in [0.4, 0.5) is 0 Å².